The third-order valence-corrected chi connectivity index (χ3v) is 2.53. The van der Waals surface area contributed by atoms with Crippen LogP contribution in [0.4, 0.5) is 17.5 Å². The van der Waals surface area contributed by atoms with Gasteiger partial charge in [-0.2, -0.15) is 4.98 Å². The number of nitrogens with one attached hydrogen (secondary N) is 2. The Labute approximate surface area is 114 Å². The third kappa shape index (κ3) is 3.14. The summed E-state index contributed by atoms with van der Waals surface area (Å²) in [6.07, 6.45) is 2.79. The van der Waals surface area contributed by atoms with Gasteiger partial charge in [-0.3, -0.25) is 20.5 Å². The minimum Gasteiger partial charge on any atom is -0.360 e. The summed E-state index contributed by atoms with van der Waals surface area (Å²) in [6.45, 7) is 2.24. The first-order chi connectivity index (χ1) is 9.60. The zero-order valence-corrected chi connectivity index (χ0v) is 10.7. The van der Waals surface area contributed by atoms with Gasteiger partial charge in [0.2, 0.25) is 11.8 Å². The molecule has 0 unspecified atom stereocenters. The van der Waals surface area contributed by atoms with Gasteiger partial charge in [-0.15, -0.1) is 0 Å². The largest absolute Gasteiger partial charge is 0.360 e. The van der Waals surface area contributed by atoms with Gasteiger partial charge < -0.3 is 5.32 Å². The highest BCUT2D eigenvalue weighted by Crippen LogP contribution is 2.22. The lowest BCUT2D eigenvalue weighted by Crippen LogP contribution is -2.13. The van der Waals surface area contributed by atoms with Crippen LogP contribution in [-0.2, 0) is 6.54 Å². The molecule has 0 radical (unpaired) electrons. The Bertz CT molecular complexity index is 615. The average molecular weight is 275 g/mol. The van der Waals surface area contributed by atoms with Gasteiger partial charge in [0.25, 0.3) is 0 Å². The summed E-state index contributed by atoms with van der Waals surface area (Å²) in [5.41, 5.74) is 3.80. The van der Waals surface area contributed by atoms with Crippen molar-refractivity contribution >= 4 is 17.5 Å². The fraction of sp³-hybridized carbons (Fsp3) is 0.182. The molecule has 0 spiro atoms. The Hall–Kier alpha value is -2.81. The van der Waals surface area contributed by atoms with Crippen LogP contribution in [0.3, 0.4) is 0 Å². The molecule has 0 aliphatic carbocycles. The molecule has 2 rings (SSSR count). The fourth-order valence-electron chi connectivity index (χ4n) is 1.50. The number of hydrazine groups is 1. The Morgan fingerprint density at radius 2 is 2.15 bits per heavy atom. The molecule has 0 aliphatic heterocycles. The number of aryl methyl sites for hydroxylation is 1. The van der Waals surface area contributed by atoms with Gasteiger partial charge in [0, 0.05) is 18.4 Å². The van der Waals surface area contributed by atoms with Crippen LogP contribution in [0.15, 0.2) is 24.5 Å². The van der Waals surface area contributed by atoms with Gasteiger partial charge in [0.1, 0.15) is 6.20 Å². The first-order valence-corrected chi connectivity index (χ1v) is 5.73. The maximum atomic E-state index is 10.9. The highest BCUT2D eigenvalue weighted by molar-refractivity contribution is 5.56. The molecule has 0 saturated heterocycles. The molecule has 9 heteroatoms. The normalized spacial score (nSPS) is 10.1. The standard InChI is InChI=1S/C11H13N7O2/c1-7-2-3-8(4-13-7)5-14-10-9(18(19)20)6-15-11(16-10)17-12/h2-4,6H,5,12H2,1H3,(H2,14,15,16,17). The molecule has 2 heterocycles. The molecule has 0 amide bonds. The molecule has 0 saturated carbocycles. The summed E-state index contributed by atoms with van der Waals surface area (Å²) in [5, 5.41) is 13.8. The quantitative estimate of drug-likeness (QED) is 0.418. The minimum atomic E-state index is -0.560. The molecule has 0 aliphatic rings. The Kier molecular flexibility index (Phi) is 4.01. The first-order valence-electron chi connectivity index (χ1n) is 5.73. The molecular formula is C11H13N7O2. The summed E-state index contributed by atoms with van der Waals surface area (Å²) in [5.74, 6) is 5.38. The topological polar surface area (TPSA) is 132 Å². The van der Waals surface area contributed by atoms with Crippen LogP contribution in [0.2, 0.25) is 0 Å². The Balaban J connectivity index is 2.18. The summed E-state index contributed by atoms with van der Waals surface area (Å²) >= 11 is 0. The predicted octanol–water partition coefficient (Wildman–Crippen LogP) is 0.986. The SMILES string of the molecule is Cc1ccc(CNc2nc(NN)ncc2[N+](=O)[O-])cn1. The van der Waals surface area contributed by atoms with Gasteiger partial charge in [0.05, 0.1) is 4.92 Å². The fourth-order valence-corrected chi connectivity index (χ4v) is 1.50. The molecule has 0 fully saturated rings. The van der Waals surface area contributed by atoms with E-state index in [1.54, 1.807) is 6.20 Å². The monoisotopic (exact) mass is 275 g/mol. The van der Waals surface area contributed by atoms with E-state index in [0.717, 1.165) is 17.5 Å². The molecule has 4 N–H and O–H groups in total. The van der Waals surface area contributed by atoms with E-state index in [4.69, 9.17) is 5.84 Å². The molecule has 9 nitrogen and oxygen atoms in total. The van der Waals surface area contributed by atoms with Gasteiger partial charge in [-0.1, -0.05) is 6.07 Å². The lowest BCUT2D eigenvalue weighted by molar-refractivity contribution is -0.384. The van der Waals surface area contributed by atoms with E-state index in [1.165, 1.54) is 0 Å². The maximum absolute atomic E-state index is 10.9. The summed E-state index contributed by atoms with van der Waals surface area (Å²) in [7, 11) is 0. The zero-order valence-electron chi connectivity index (χ0n) is 10.7. The summed E-state index contributed by atoms with van der Waals surface area (Å²) < 4.78 is 0. The van der Waals surface area contributed by atoms with Crippen molar-refractivity contribution in [2.24, 2.45) is 5.84 Å². The van der Waals surface area contributed by atoms with E-state index in [9.17, 15) is 10.1 Å². The third-order valence-electron chi connectivity index (χ3n) is 2.53. The molecule has 104 valence electrons. The number of nitrogen functional groups attached to an aromatic ring is 1. The number of rotatable bonds is 5. The first kappa shape index (κ1) is 13.6. The van der Waals surface area contributed by atoms with Crippen LogP contribution in [0, 0.1) is 17.0 Å². The van der Waals surface area contributed by atoms with Gasteiger partial charge >= 0.3 is 5.69 Å². The van der Waals surface area contributed by atoms with E-state index < -0.39 is 4.92 Å². The lowest BCUT2D eigenvalue weighted by Gasteiger charge is -2.07. The number of nitro groups is 1. The van der Waals surface area contributed by atoms with Gasteiger partial charge in [-0.05, 0) is 18.6 Å². The second-order valence-corrected chi connectivity index (χ2v) is 3.99. The van der Waals surface area contributed by atoms with Gasteiger partial charge in [0.15, 0.2) is 0 Å². The van der Waals surface area contributed by atoms with Crippen LogP contribution in [0.25, 0.3) is 0 Å². The maximum Gasteiger partial charge on any atom is 0.329 e. The second kappa shape index (κ2) is 5.89. The predicted molar refractivity (Wildman–Crippen MR) is 72.8 cm³/mol. The Morgan fingerprint density at radius 1 is 1.35 bits per heavy atom. The number of aromatic nitrogens is 3. The Morgan fingerprint density at radius 3 is 2.75 bits per heavy atom. The summed E-state index contributed by atoms with van der Waals surface area (Å²) in [4.78, 5) is 22.1. The highest BCUT2D eigenvalue weighted by Gasteiger charge is 2.16. The molecule has 20 heavy (non-hydrogen) atoms. The number of nitrogens with two attached hydrogens (primary N) is 1. The summed E-state index contributed by atoms with van der Waals surface area (Å²) in [6, 6.07) is 3.74. The molecule has 2 aromatic rings. The number of pyridine rings is 1. The van der Waals surface area contributed by atoms with E-state index in [1.807, 2.05) is 19.1 Å². The van der Waals surface area contributed by atoms with E-state index in [-0.39, 0.29) is 17.5 Å². The van der Waals surface area contributed by atoms with Crippen LogP contribution >= 0.6 is 0 Å². The lowest BCUT2D eigenvalue weighted by atomic mass is 10.2. The molecule has 0 aromatic carbocycles. The van der Waals surface area contributed by atoms with Crippen molar-refractivity contribution in [2.45, 2.75) is 13.5 Å². The molecule has 0 bridgehead atoms. The number of anilines is 2. The van der Waals surface area contributed by atoms with Crippen LogP contribution in [0.5, 0.6) is 0 Å². The van der Waals surface area contributed by atoms with Crippen LogP contribution < -0.4 is 16.6 Å². The van der Waals surface area contributed by atoms with Crippen LogP contribution in [0.1, 0.15) is 11.3 Å². The van der Waals surface area contributed by atoms with Crippen molar-refractivity contribution in [1.29, 1.82) is 0 Å². The van der Waals surface area contributed by atoms with Crippen molar-refractivity contribution < 1.29 is 4.92 Å². The van der Waals surface area contributed by atoms with Crippen LogP contribution in [-0.4, -0.2) is 19.9 Å². The van der Waals surface area contributed by atoms with Crippen molar-refractivity contribution in [3.63, 3.8) is 0 Å². The van der Waals surface area contributed by atoms with E-state index in [0.29, 0.717) is 6.54 Å². The van der Waals surface area contributed by atoms with Crippen molar-refractivity contribution in [2.75, 3.05) is 10.7 Å². The minimum absolute atomic E-state index is 0.0959. The second-order valence-electron chi connectivity index (χ2n) is 3.99. The van der Waals surface area contributed by atoms with E-state index >= 15 is 0 Å². The molecule has 0 atom stereocenters. The highest BCUT2D eigenvalue weighted by atomic mass is 16.6. The zero-order chi connectivity index (χ0) is 14.5. The van der Waals surface area contributed by atoms with Crippen molar-refractivity contribution in [1.82, 2.24) is 15.0 Å². The smallest absolute Gasteiger partial charge is 0.329 e. The van der Waals surface area contributed by atoms with E-state index in [2.05, 4.69) is 25.7 Å². The number of hydrogen-bond acceptors (Lipinski definition) is 8. The number of hydrogen-bond donors (Lipinski definition) is 3. The van der Waals surface area contributed by atoms with Crippen molar-refractivity contribution in [3.8, 4) is 0 Å². The van der Waals surface area contributed by atoms with Gasteiger partial charge in [-0.25, -0.2) is 10.8 Å². The molecular weight excluding hydrogens is 262 g/mol. The number of nitrogens with zero attached hydrogens (tertiary/aromatic N) is 4. The van der Waals surface area contributed by atoms with Crippen molar-refractivity contribution in [3.05, 3.63) is 45.9 Å². The molecule has 2 aromatic heterocycles. The average Bonchev–Trinajstić information content (AvgIpc) is 2.46.